The van der Waals surface area contributed by atoms with Crippen molar-refractivity contribution in [2.45, 2.75) is 0 Å². The van der Waals surface area contributed by atoms with Gasteiger partial charge in [-0.25, -0.2) is 0 Å². The van der Waals surface area contributed by atoms with Crippen molar-refractivity contribution < 1.29 is 0 Å². The molecule has 0 radical (unpaired) electrons. The molecule has 1 rings (SSSR count). The van der Waals surface area contributed by atoms with E-state index in [0.717, 1.165) is 5.02 Å². The van der Waals surface area contributed by atoms with Gasteiger partial charge >= 0.3 is 0 Å². The van der Waals surface area contributed by atoms with Crippen LogP contribution in [-0.2, 0) is 11.8 Å². The number of thiol groups is 1. The van der Waals surface area contributed by atoms with Crippen LogP contribution in [0.5, 0.6) is 0 Å². The Balaban J connectivity index is 2.73. The van der Waals surface area contributed by atoms with Gasteiger partial charge in [0.1, 0.15) is 5.41 Å². The molecule has 0 unspecified atom stereocenters. The van der Waals surface area contributed by atoms with Crippen LogP contribution in [0.25, 0.3) is 6.08 Å². The quantitative estimate of drug-likeness (QED) is 0.491. The monoisotopic (exact) mass is 185 g/mol. The molecular formula is C9H10ClS+. The number of hydrogen-bond acceptors (Lipinski definition) is 0. The van der Waals surface area contributed by atoms with Gasteiger partial charge in [0.25, 0.3) is 0 Å². The summed E-state index contributed by atoms with van der Waals surface area (Å²) in [6.45, 7) is 0. The molecule has 0 saturated carbocycles. The normalized spacial score (nSPS) is 10.7. The van der Waals surface area contributed by atoms with E-state index >= 15 is 0 Å². The summed E-state index contributed by atoms with van der Waals surface area (Å²) < 4.78 is 0. The van der Waals surface area contributed by atoms with Crippen molar-refractivity contribution in [3.8, 4) is 0 Å². The molecule has 1 aromatic rings. The van der Waals surface area contributed by atoms with Crippen LogP contribution in [0, 0.1) is 0 Å². The lowest BCUT2D eigenvalue weighted by Crippen LogP contribution is -1.70. The van der Waals surface area contributed by atoms with Gasteiger partial charge in [0, 0.05) is 5.02 Å². The maximum absolute atomic E-state index is 5.72. The topological polar surface area (TPSA) is 0 Å². The van der Waals surface area contributed by atoms with Gasteiger partial charge in [-0.3, -0.25) is 0 Å². The van der Waals surface area contributed by atoms with Crippen LogP contribution in [0.2, 0.25) is 5.02 Å². The average molecular weight is 186 g/mol. The first kappa shape index (κ1) is 8.69. The van der Waals surface area contributed by atoms with E-state index in [1.54, 1.807) is 0 Å². The van der Waals surface area contributed by atoms with Crippen molar-refractivity contribution in [3.05, 3.63) is 40.3 Å². The molecule has 0 aliphatic rings. The maximum atomic E-state index is 5.72. The van der Waals surface area contributed by atoms with Crippen LogP contribution in [-0.4, -0.2) is 6.26 Å². The van der Waals surface area contributed by atoms with Gasteiger partial charge in [0.15, 0.2) is 0 Å². The molecule has 0 aliphatic heterocycles. The zero-order valence-electron chi connectivity index (χ0n) is 6.29. The molecule has 0 N–H and O–H groups in total. The Bertz CT molecular complexity index is 238. The Morgan fingerprint density at radius 2 is 1.91 bits per heavy atom. The first-order chi connectivity index (χ1) is 5.33. The van der Waals surface area contributed by atoms with E-state index in [1.165, 1.54) is 17.3 Å². The summed E-state index contributed by atoms with van der Waals surface area (Å²) in [7, 11) is 0. The summed E-state index contributed by atoms with van der Waals surface area (Å²) in [6, 6.07) is 7.80. The fourth-order valence-electron chi connectivity index (χ4n) is 0.734. The minimum atomic E-state index is 0.788. The number of halogens is 1. The minimum absolute atomic E-state index is 0.788. The van der Waals surface area contributed by atoms with Gasteiger partial charge in [-0.15, -0.1) is 0 Å². The van der Waals surface area contributed by atoms with Crippen LogP contribution in [0.15, 0.2) is 29.7 Å². The third kappa shape index (κ3) is 3.00. The smallest absolute Gasteiger partial charge is 0.0843 e. The molecule has 0 aliphatic carbocycles. The van der Waals surface area contributed by atoms with E-state index < -0.39 is 0 Å². The molecule has 0 heterocycles. The van der Waals surface area contributed by atoms with Crippen LogP contribution in [0.3, 0.4) is 0 Å². The number of rotatable bonds is 2. The van der Waals surface area contributed by atoms with Crippen LogP contribution >= 0.6 is 11.6 Å². The summed E-state index contributed by atoms with van der Waals surface area (Å²) in [6.07, 6.45) is 4.17. The van der Waals surface area contributed by atoms with Crippen molar-refractivity contribution >= 4 is 29.4 Å². The van der Waals surface area contributed by atoms with E-state index in [1.807, 2.05) is 24.3 Å². The fourth-order valence-corrected chi connectivity index (χ4v) is 1.18. The Kier molecular flexibility index (Phi) is 3.53. The van der Waals surface area contributed by atoms with Gasteiger partial charge in [-0.2, -0.15) is 0 Å². The molecule has 58 valence electrons. The number of benzene rings is 1. The summed E-state index contributed by atoms with van der Waals surface area (Å²) in [5.74, 6) is 0. The van der Waals surface area contributed by atoms with Crippen LogP contribution < -0.4 is 0 Å². The predicted octanol–water partition coefficient (Wildman–Crippen LogP) is 2.76. The molecule has 11 heavy (non-hydrogen) atoms. The van der Waals surface area contributed by atoms with E-state index in [2.05, 4.69) is 17.7 Å². The SMILES string of the molecule is C[SH+]/C=C/c1ccc(Cl)cc1. The molecule has 0 spiro atoms. The molecule has 0 amide bonds. The number of hydrogen-bond donors (Lipinski definition) is 0. The van der Waals surface area contributed by atoms with Gasteiger partial charge in [0.05, 0.1) is 6.26 Å². The highest BCUT2D eigenvalue weighted by Gasteiger charge is 1.87. The molecule has 0 saturated heterocycles. The van der Waals surface area contributed by atoms with Crippen LogP contribution in [0.1, 0.15) is 5.56 Å². The molecule has 0 bridgehead atoms. The lowest BCUT2D eigenvalue weighted by molar-refractivity contribution is 1.66. The van der Waals surface area contributed by atoms with Crippen LogP contribution in [0.4, 0.5) is 0 Å². The average Bonchev–Trinajstić information content (AvgIpc) is 2.04. The summed E-state index contributed by atoms with van der Waals surface area (Å²) in [4.78, 5) is 0. The van der Waals surface area contributed by atoms with E-state index in [-0.39, 0.29) is 0 Å². The lowest BCUT2D eigenvalue weighted by Gasteiger charge is -1.90. The first-order valence-electron chi connectivity index (χ1n) is 3.34. The van der Waals surface area contributed by atoms with Crippen molar-refractivity contribution in [2.75, 3.05) is 6.26 Å². The second-order valence-electron chi connectivity index (χ2n) is 2.13. The van der Waals surface area contributed by atoms with Crippen molar-refractivity contribution in [2.24, 2.45) is 0 Å². The highest BCUT2D eigenvalue weighted by atomic mass is 35.5. The minimum Gasteiger partial charge on any atom is -0.0843 e. The van der Waals surface area contributed by atoms with Gasteiger partial charge < -0.3 is 0 Å². The summed E-state index contributed by atoms with van der Waals surface area (Å²) in [5, 5.41) is 2.89. The molecule has 1 aromatic carbocycles. The first-order valence-corrected chi connectivity index (χ1v) is 5.13. The predicted molar refractivity (Wildman–Crippen MR) is 55.2 cm³/mol. The second-order valence-corrected chi connectivity index (χ2v) is 3.38. The summed E-state index contributed by atoms with van der Waals surface area (Å²) >= 11 is 7.00. The fraction of sp³-hybridized carbons (Fsp3) is 0.111. The van der Waals surface area contributed by atoms with Gasteiger partial charge in [-0.1, -0.05) is 23.7 Å². The van der Waals surface area contributed by atoms with E-state index in [0.29, 0.717) is 0 Å². The third-order valence-corrected chi connectivity index (χ3v) is 1.99. The largest absolute Gasteiger partial charge is 0.117 e. The van der Waals surface area contributed by atoms with Crippen molar-refractivity contribution in [3.63, 3.8) is 0 Å². The Morgan fingerprint density at radius 3 is 2.45 bits per heavy atom. The van der Waals surface area contributed by atoms with Gasteiger partial charge in [-0.05, 0) is 35.5 Å². The molecule has 0 nitrogen and oxygen atoms in total. The molecule has 0 fully saturated rings. The van der Waals surface area contributed by atoms with E-state index in [4.69, 9.17) is 11.6 Å². The Morgan fingerprint density at radius 1 is 1.27 bits per heavy atom. The molecular weight excluding hydrogens is 176 g/mol. The van der Waals surface area contributed by atoms with Gasteiger partial charge in [0.2, 0.25) is 0 Å². The molecule has 0 atom stereocenters. The van der Waals surface area contributed by atoms with E-state index in [9.17, 15) is 0 Å². The Hall–Kier alpha value is -0.400. The Labute approximate surface area is 76.3 Å². The standard InChI is InChI=1S/C9H9ClS/c1-11-7-6-8-2-4-9(10)5-3-8/h2-7H,1H3/p+1/b7-6+. The second kappa shape index (κ2) is 4.47. The highest BCUT2D eigenvalue weighted by Crippen LogP contribution is 2.10. The highest BCUT2D eigenvalue weighted by molar-refractivity contribution is 7.80. The van der Waals surface area contributed by atoms with Crippen molar-refractivity contribution in [1.82, 2.24) is 0 Å². The zero-order valence-corrected chi connectivity index (χ0v) is 7.94. The lowest BCUT2D eigenvalue weighted by atomic mass is 10.2. The zero-order chi connectivity index (χ0) is 8.10. The maximum Gasteiger partial charge on any atom is 0.117 e. The molecule has 2 heteroatoms. The molecule has 0 aromatic heterocycles. The van der Waals surface area contributed by atoms with Crippen molar-refractivity contribution in [1.29, 1.82) is 0 Å². The third-order valence-electron chi connectivity index (χ3n) is 1.29. The summed E-state index contributed by atoms with van der Waals surface area (Å²) in [5.41, 5.74) is 1.20.